The largest absolute Gasteiger partial charge is 0.388 e. The van der Waals surface area contributed by atoms with Crippen LogP contribution >= 0.6 is 11.6 Å². The molecule has 0 aliphatic rings. The first-order valence-corrected chi connectivity index (χ1v) is 6.37. The Bertz CT molecular complexity index is 421. The number of halogens is 1. The van der Waals surface area contributed by atoms with Gasteiger partial charge in [0.2, 0.25) is 0 Å². The van der Waals surface area contributed by atoms with Gasteiger partial charge < -0.3 is 10.4 Å². The molecule has 4 nitrogen and oxygen atoms in total. The molecule has 1 heterocycles. The maximum absolute atomic E-state index is 11.9. The Morgan fingerprint density at radius 3 is 2.89 bits per heavy atom. The second-order valence-electron chi connectivity index (χ2n) is 4.69. The first-order valence-electron chi connectivity index (χ1n) is 5.99. The third-order valence-corrected chi connectivity index (χ3v) is 3.59. The van der Waals surface area contributed by atoms with Crippen LogP contribution in [0.3, 0.4) is 0 Å². The predicted octanol–water partition coefficient (Wildman–Crippen LogP) is 2.26. The Labute approximate surface area is 112 Å². The highest BCUT2D eigenvalue weighted by Crippen LogP contribution is 2.19. The molecule has 1 aromatic heterocycles. The number of nitrogens with zero attached hydrogens (tertiary/aromatic N) is 1. The molecule has 2 atom stereocenters. The van der Waals surface area contributed by atoms with Crippen LogP contribution in [0.1, 0.15) is 37.6 Å². The summed E-state index contributed by atoms with van der Waals surface area (Å²) in [6, 6.07) is 3.25. The standard InChI is InChI=1S/C13H19ClN2O2/c1-4-9(2)13(3,18)8-16-12(17)10-6-5-7-15-11(10)14/h5-7,9,18H,4,8H2,1-3H3,(H,16,17). The zero-order valence-corrected chi connectivity index (χ0v) is 11.7. The van der Waals surface area contributed by atoms with Crippen LogP contribution in [0, 0.1) is 5.92 Å². The van der Waals surface area contributed by atoms with E-state index in [2.05, 4.69) is 10.3 Å². The highest BCUT2D eigenvalue weighted by molar-refractivity contribution is 6.32. The third-order valence-electron chi connectivity index (χ3n) is 3.28. The fraction of sp³-hybridized carbons (Fsp3) is 0.538. The lowest BCUT2D eigenvalue weighted by Gasteiger charge is -2.29. The molecule has 1 aromatic rings. The average Bonchev–Trinajstić information content (AvgIpc) is 2.35. The van der Waals surface area contributed by atoms with Gasteiger partial charge in [-0.25, -0.2) is 4.98 Å². The lowest BCUT2D eigenvalue weighted by molar-refractivity contribution is 0.00592. The number of rotatable bonds is 5. The van der Waals surface area contributed by atoms with E-state index in [1.807, 2.05) is 13.8 Å². The van der Waals surface area contributed by atoms with Crippen LogP contribution in [0.5, 0.6) is 0 Å². The number of amides is 1. The SMILES string of the molecule is CCC(C)C(C)(O)CNC(=O)c1cccnc1Cl. The molecule has 0 fully saturated rings. The van der Waals surface area contributed by atoms with Crippen molar-refractivity contribution in [1.82, 2.24) is 10.3 Å². The van der Waals surface area contributed by atoms with Crippen molar-refractivity contribution in [2.45, 2.75) is 32.8 Å². The van der Waals surface area contributed by atoms with E-state index >= 15 is 0 Å². The van der Waals surface area contributed by atoms with Crippen LogP contribution < -0.4 is 5.32 Å². The summed E-state index contributed by atoms with van der Waals surface area (Å²) in [6.07, 6.45) is 2.37. The Kier molecular flexibility index (Phi) is 5.11. The summed E-state index contributed by atoms with van der Waals surface area (Å²) in [5.41, 5.74) is -0.613. The van der Waals surface area contributed by atoms with Crippen LogP contribution in [-0.2, 0) is 0 Å². The van der Waals surface area contributed by atoms with E-state index in [0.29, 0.717) is 5.56 Å². The van der Waals surface area contributed by atoms with E-state index in [4.69, 9.17) is 11.6 Å². The highest BCUT2D eigenvalue weighted by atomic mass is 35.5. The smallest absolute Gasteiger partial charge is 0.254 e. The van der Waals surface area contributed by atoms with Crippen molar-refractivity contribution in [2.24, 2.45) is 5.92 Å². The Morgan fingerprint density at radius 1 is 1.67 bits per heavy atom. The molecule has 0 aromatic carbocycles. The van der Waals surface area contributed by atoms with Crippen molar-refractivity contribution in [3.8, 4) is 0 Å². The summed E-state index contributed by atoms with van der Waals surface area (Å²) in [6.45, 7) is 5.85. The van der Waals surface area contributed by atoms with Crippen molar-refractivity contribution in [3.05, 3.63) is 29.0 Å². The molecule has 100 valence electrons. The van der Waals surface area contributed by atoms with Gasteiger partial charge in [0, 0.05) is 12.7 Å². The molecule has 0 aliphatic carbocycles. The minimum Gasteiger partial charge on any atom is -0.388 e. The number of hydrogen-bond donors (Lipinski definition) is 2. The molecule has 0 radical (unpaired) electrons. The molecule has 0 spiro atoms. The van der Waals surface area contributed by atoms with Gasteiger partial charge >= 0.3 is 0 Å². The first kappa shape index (κ1) is 14.9. The predicted molar refractivity (Wildman–Crippen MR) is 71.7 cm³/mol. The van der Waals surface area contributed by atoms with E-state index in [-0.39, 0.29) is 23.5 Å². The second kappa shape index (κ2) is 6.16. The van der Waals surface area contributed by atoms with Crippen LogP contribution in [0.25, 0.3) is 0 Å². The Morgan fingerprint density at radius 2 is 2.33 bits per heavy atom. The number of aromatic nitrogens is 1. The first-order chi connectivity index (χ1) is 8.38. The lowest BCUT2D eigenvalue weighted by Crippen LogP contribution is -2.45. The minimum atomic E-state index is -0.931. The van der Waals surface area contributed by atoms with Gasteiger partial charge in [-0.05, 0) is 25.0 Å². The Balaban J connectivity index is 2.65. The molecule has 1 rings (SSSR count). The van der Waals surface area contributed by atoms with Crippen molar-refractivity contribution in [2.75, 3.05) is 6.54 Å². The molecule has 18 heavy (non-hydrogen) atoms. The molecule has 0 saturated heterocycles. The van der Waals surface area contributed by atoms with Gasteiger partial charge in [-0.15, -0.1) is 0 Å². The summed E-state index contributed by atoms with van der Waals surface area (Å²) in [5.74, 6) is -0.223. The van der Waals surface area contributed by atoms with E-state index in [1.54, 1.807) is 19.1 Å². The molecule has 0 saturated carbocycles. The molecule has 1 amide bonds. The average molecular weight is 271 g/mol. The summed E-state index contributed by atoms with van der Waals surface area (Å²) < 4.78 is 0. The maximum Gasteiger partial charge on any atom is 0.254 e. The molecule has 2 N–H and O–H groups in total. The normalized spacial score (nSPS) is 15.8. The molecule has 0 bridgehead atoms. The lowest BCUT2D eigenvalue weighted by atomic mass is 9.88. The van der Waals surface area contributed by atoms with Gasteiger partial charge in [-0.3, -0.25) is 4.79 Å². The highest BCUT2D eigenvalue weighted by Gasteiger charge is 2.27. The van der Waals surface area contributed by atoms with Crippen LogP contribution in [0.15, 0.2) is 18.3 Å². The number of hydrogen-bond acceptors (Lipinski definition) is 3. The van der Waals surface area contributed by atoms with Crippen LogP contribution in [0.2, 0.25) is 5.15 Å². The fourth-order valence-electron chi connectivity index (χ4n) is 1.52. The van der Waals surface area contributed by atoms with Gasteiger partial charge in [0.05, 0.1) is 11.2 Å². The summed E-state index contributed by atoms with van der Waals surface area (Å²) >= 11 is 5.82. The molecular weight excluding hydrogens is 252 g/mol. The van der Waals surface area contributed by atoms with E-state index < -0.39 is 5.60 Å². The summed E-state index contributed by atoms with van der Waals surface area (Å²) in [7, 11) is 0. The molecule has 0 aliphatic heterocycles. The van der Waals surface area contributed by atoms with Gasteiger partial charge in [0.1, 0.15) is 5.15 Å². The third kappa shape index (κ3) is 3.68. The molecule has 2 unspecified atom stereocenters. The quantitative estimate of drug-likeness (QED) is 0.807. The van der Waals surface area contributed by atoms with Crippen LogP contribution in [-0.4, -0.2) is 28.1 Å². The topological polar surface area (TPSA) is 62.2 Å². The maximum atomic E-state index is 11.9. The Hall–Kier alpha value is -1.13. The zero-order valence-electron chi connectivity index (χ0n) is 10.9. The fourth-order valence-corrected chi connectivity index (χ4v) is 1.73. The van der Waals surface area contributed by atoms with E-state index in [9.17, 15) is 9.90 Å². The van der Waals surface area contributed by atoms with Crippen molar-refractivity contribution >= 4 is 17.5 Å². The number of aliphatic hydroxyl groups is 1. The summed E-state index contributed by atoms with van der Waals surface area (Å²) in [5, 5.41) is 13.0. The second-order valence-corrected chi connectivity index (χ2v) is 5.05. The number of pyridine rings is 1. The summed E-state index contributed by atoms with van der Waals surface area (Å²) in [4.78, 5) is 15.7. The monoisotopic (exact) mass is 270 g/mol. The van der Waals surface area contributed by atoms with Crippen LogP contribution in [0.4, 0.5) is 0 Å². The van der Waals surface area contributed by atoms with Gasteiger partial charge in [-0.1, -0.05) is 31.9 Å². The van der Waals surface area contributed by atoms with Gasteiger partial charge in [0.15, 0.2) is 0 Å². The van der Waals surface area contributed by atoms with Gasteiger partial charge in [0.25, 0.3) is 5.91 Å². The number of carbonyl (C=O) groups is 1. The number of carbonyl (C=O) groups excluding carboxylic acids is 1. The van der Waals surface area contributed by atoms with E-state index in [0.717, 1.165) is 6.42 Å². The molecule has 5 heteroatoms. The molecular formula is C13H19ClN2O2. The zero-order chi connectivity index (χ0) is 13.8. The minimum absolute atomic E-state index is 0.0992. The van der Waals surface area contributed by atoms with Crippen molar-refractivity contribution in [1.29, 1.82) is 0 Å². The number of nitrogens with one attached hydrogen (secondary N) is 1. The van der Waals surface area contributed by atoms with Crippen molar-refractivity contribution in [3.63, 3.8) is 0 Å². The van der Waals surface area contributed by atoms with E-state index in [1.165, 1.54) is 6.20 Å². The van der Waals surface area contributed by atoms with Crippen molar-refractivity contribution < 1.29 is 9.90 Å². The van der Waals surface area contributed by atoms with Gasteiger partial charge in [-0.2, -0.15) is 0 Å².